The van der Waals surface area contributed by atoms with E-state index in [9.17, 15) is 0 Å². The average Bonchev–Trinajstić information content (AvgIpc) is 1.52. The van der Waals surface area contributed by atoms with Crippen molar-refractivity contribution in [2.24, 2.45) is 0 Å². The summed E-state index contributed by atoms with van der Waals surface area (Å²) >= 11 is 0. The lowest BCUT2D eigenvalue weighted by Crippen LogP contribution is -2.13. The highest BCUT2D eigenvalue weighted by atomic mass is 16.3. The Labute approximate surface area is 709 Å². The molecule has 6 heteroatoms. The monoisotopic (exact) mass is 1560 g/mol. The maximum absolute atomic E-state index is 7.46. The molecule has 20 aromatic carbocycles. The van der Waals surface area contributed by atoms with Crippen LogP contribution in [0.25, 0.3) is 143 Å². The van der Waals surface area contributed by atoms with Crippen LogP contribution in [0.2, 0.25) is 0 Å². The van der Waals surface area contributed by atoms with Gasteiger partial charge in [0, 0.05) is 110 Å². The second-order valence-electron chi connectivity index (χ2n) is 32.1. The van der Waals surface area contributed by atoms with E-state index in [1.54, 1.807) is 0 Å². The van der Waals surface area contributed by atoms with Crippen LogP contribution in [0.5, 0.6) is 0 Å². The minimum absolute atomic E-state index is 0.838. The normalized spacial score (nSPS) is 11.6. The van der Waals surface area contributed by atoms with E-state index < -0.39 is 0 Å². The van der Waals surface area contributed by atoms with Gasteiger partial charge in [-0.1, -0.05) is 322 Å². The zero-order valence-electron chi connectivity index (χ0n) is 68.0. The minimum atomic E-state index is 0.838. The molecular weight excluding hydrogens is 1480 g/mol. The van der Waals surface area contributed by atoms with Gasteiger partial charge in [-0.25, -0.2) is 0 Å². The molecule has 22 rings (SSSR count). The van der Waals surface area contributed by atoms with Crippen LogP contribution in [0.1, 0.15) is 22.3 Å². The number of fused-ring (bicyclic) bond motifs is 14. The molecule has 6 nitrogen and oxygen atoms in total. The zero-order chi connectivity index (χ0) is 81.5. The van der Waals surface area contributed by atoms with E-state index in [-0.39, 0.29) is 0 Å². The van der Waals surface area contributed by atoms with E-state index >= 15 is 0 Å². The lowest BCUT2D eigenvalue weighted by atomic mass is 9.95. The van der Waals surface area contributed by atoms with Crippen molar-refractivity contribution in [2.75, 3.05) is 19.6 Å². The molecular formula is C116H82N4O2. The number of aryl methyl sites for hydroxylation is 4. The van der Waals surface area contributed by atoms with Crippen molar-refractivity contribution >= 4 is 155 Å². The number of rotatable bonds is 17. The van der Waals surface area contributed by atoms with Crippen molar-refractivity contribution in [3.8, 4) is 55.6 Å². The van der Waals surface area contributed by atoms with Gasteiger partial charge in [0.25, 0.3) is 0 Å². The van der Waals surface area contributed by atoms with Crippen LogP contribution in [0.4, 0.5) is 68.2 Å². The number of hydrogen-bond donors (Lipinski definition) is 0. The van der Waals surface area contributed by atoms with Gasteiger partial charge in [0.15, 0.2) is 0 Å². The third kappa shape index (κ3) is 12.7. The van der Waals surface area contributed by atoms with E-state index in [1.165, 1.54) is 11.1 Å². The predicted octanol–water partition coefficient (Wildman–Crippen LogP) is 33.5. The fraction of sp³-hybridized carbons (Fsp3) is 0.0345. The third-order valence-electron chi connectivity index (χ3n) is 24.5. The quantitative estimate of drug-likeness (QED) is 0.0905. The lowest BCUT2D eigenvalue weighted by Gasteiger charge is -2.31. The molecule has 0 atom stereocenters. The molecule has 0 unspecified atom stereocenters. The molecule has 0 radical (unpaired) electrons. The fourth-order valence-corrected chi connectivity index (χ4v) is 18.8. The van der Waals surface area contributed by atoms with E-state index in [0.717, 1.165) is 222 Å². The first-order valence-corrected chi connectivity index (χ1v) is 41.9. The molecule has 0 bridgehead atoms. The van der Waals surface area contributed by atoms with Crippen LogP contribution in [0.15, 0.2) is 433 Å². The summed E-state index contributed by atoms with van der Waals surface area (Å²) in [7, 11) is 0. The molecule has 0 N–H and O–H groups in total. The molecule has 0 fully saturated rings. The van der Waals surface area contributed by atoms with Crippen molar-refractivity contribution in [3.63, 3.8) is 0 Å². The average molecular weight is 1560 g/mol. The third-order valence-corrected chi connectivity index (χ3v) is 24.5. The van der Waals surface area contributed by atoms with Crippen molar-refractivity contribution in [1.82, 2.24) is 0 Å². The van der Waals surface area contributed by atoms with E-state index in [1.807, 2.05) is 0 Å². The van der Waals surface area contributed by atoms with Crippen molar-refractivity contribution < 1.29 is 8.83 Å². The Morgan fingerprint density at radius 3 is 0.893 bits per heavy atom. The summed E-state index contributed by atoms with van der Waals surface area (Å²) in [5, 5.41) is 12.5. The highest BCUT2D eigenvalue weighted by Crippen LogP contribution is 2.55. The number of anilines is 12. The van der Waals surface area contributed by atoms with Gasteiger partial charge in [0.2, 0.25) is 0 Å². The maximum atomic E-state index is 7.46. The Morgan fingerprint density at radius 1 is 0.156 bits per heavy atom. The van der Waals surface area contributed by atoms with Crippen LogP contribution in [-0.4, -0.2) is 0 Å². The molecule has 0 spiro atoms. The van der Waals surface area contributed by atoms with Gasteiger partial charge >= 0.3 is 0 Å². The smallest absolute Gasteiger partial charge is 0.143 e. The first-order chi connectivity index (χ1) is 60.2. The maximum Gasteiger partial charge on any atom is 0.143 e. The van der Waals surface area contributed by atoms with Crippen LogP contribution < -0.4 is 19.6 Å². The molecule has 122 heavy (non-hydrogen) atoms. The summed E-state index contributed by atoms with van der Waals surface area (Å²) in [6.45, 7) is 8.90. The molecule has 2 aromatic heterocycles. The van der Waals surface area contributed by atoms with Crippen LogP contribution in [0.3, 0.4) is 0 Å². The summed E-state index contributed by atoms with van der Waals surface area (Å²) in [6, 6.07) is 155. The van der Waals surface area contributed by atoms with Gasteiger partial charge in [-0.3, -0.25) is 0 Å². The highest BCUT2D eigenvalue weighted by Gasteiger charge is 2.30. The SMILES string of the molecule is Cc1cccc(N(c2ccc(-c3ccccc3)cc2)c2cc3c4cc(N(c5ccc(-c6ccccc6)cc5)c5cc(C)cc(-c6ccc(N(c7ccccc7-c7ccccc7)c7cc8c9cc(N(c%10ccccc%10C)c%10ccccc%10-c%10ccccc%10)c%10ccccc%10c9oc8c8ccccc78)c(C)c6)c5)c5ccccc5c4oc3c3ccccc23)c1. The van der Waals surface area contributed by atoms with E-state index in [2.05, 4.69) is 472 Å². The lowest BCUT2D eigenvalue weighted by molar-refractivity contribution is 0.676. The number of para-hydroxylation sites is 3. The summed E-state index contributed by atoms with van der Waals surface area (Å²) in [5.41, 5.74) is 31.8. The summed E-state index contributed by atoms with van der Waals surface area (Å²) in [6.07, 6.45) is 0. The molecule has 0 aliphatic carbocycles. The van der Waals surface area contributed by atoms with E-state index in [0.29, 0.717) is 0 Å². The number of benzene rings is 20. The van der Waals surface area contributed by atoms with Gasteiger partial charge < -0.3 is 28.4 Å². The number of furan rings is 2. The Balaban J connectivity index is 0.728. The van der Waals surface area contributed by atoms with Gasteiger partial charge in [0.1, 0.15) is 22.3 Å². The van der Waals surface area contributed by atoms with Crippen LogP contribution >= 0.6 is 0 Å². The standard InChI is InChI=1S/C116H82N4O2/c1-75-32-31-42-89(67-75)117(87-61-56-81(57-62-87)79-34-9-5-10-35-79)109-71-101-102-72-110(94-46-19-23-50-98(94)114(102)121-113(101)97-49-22-18-45-93(97)109)118(88-63-58-82(59-64-88)80-36-11-6-12-37-80)90-68-76(2)66-86(70-90)85-60-65-106(78(4)69-85)120(108-55-30-27-44-92(108)84-40-15-8-16-41-84)112-74-104-103-73-111(95-47-20-24-51-99(95)115(103)122-116(104)100-52-25-21-48-96(100)112)119(105-53-28-17-33-77(105)3)107-54-29-26-43-91(107)83-38-13-7-14-39-83/h5-74H,1-4H3. The second-order valence-corrected chi connectivity index (χ2v) is 32.1. The molecule has 0 aliphatic heterocycles. The van der Waals surface area contributed by atoms with Crippen molar-refractivity contribution in [1.29, 1.82) is 0 Å². The van der Waals surface area contributed by atoms with Crippen molar-refractivity contribution in [2.45, 2.75) is 27.7 Å². The summed E-state index contributed by atoms with van der Waals surface area (Å²) in [5.74, 6) is 0. The molecule has 0 saturated carbocycles. The minimum Gasteiger partial charge on any atom is -0.455 e. The fourth-order valence-electron chi connectivity index (χ4n) is 18.8. The Hall–Kier alpha value is -15.8. The Morgan fingerprint density at radius 2 is 0.484 bits per heavy atom. The molecule has 0 aliphatic rings. The number of hydrogen-bond acceptors (Lipinski definition) is 6. The molecule has 0 amide bonds. The summed E-state index contributed by atoms with van der Waals surface area (Å²) < 4.78 is 14.9. The van der Waals surface area contributed by atoms with Gasteiger partial charge in [-0.05, 0) is 198 Å². The molecule has 2 heterocycles. The van der Waals surface area contributed by atoms with Crippen LogP contribution in [0, 0.1) is 27.7 Å². The molecule has 578 valence electrons. The topological polar surface area (TPSA) is 39.2 Å². The Kier molecular flexibility index (Phi) is 18.1. The predicted molar refractivity (Wildman–Crippen MR) is 516 cm³/mol. The van der Waals surface area contributed by atoms with Crippen molar-refractivity contribution in [3.05, 3.63) is 447 Å². The first kappa shape index (κ1) is 72.7. The molecule has 22 aromatic rings. The zero-order valence-corrected chi connectivity index (χ0v) is 68.0. The first-order valence-electron chi connectivity index (χ1n) is 41.9. The highest BCUT2D eigenvalue weighted by molar-refractivity contribution is 6.28. The van der Waals surface area contributed by atoms with Crippen LogP contribution in [-0.2, 0) is 0 Å². The van der Waals surface area contributed by atoms with Gasteiger partial charge in [0.05, 0.1) is 34.1 Å². The van der Waals surface area contributed by atoms with E-state index in [4.69, 9.17) is 8.83 Å². The number of nitrogens with zero attached hydrogens (tertiary/aromatic N) is 4. The van der Waals surface area contributed by atoms with Gasteiger partial charge in [-0.15, -0.1) is 0 Å². The summed E-state index contributed by atoms with van der Waals surface area (Å²) in [4.78, 5) is 9.88. The largest absolute Gasteiger partial charge is 0.455 e. The molecule has 0 saturated heterocycles. The second kappa shape index (κ2) is 30.3. The van der Waals surface area contributed by atoms with Gasteiger partial charge in [-0.2, -0.15) is 0 Å². The Bertz CT molecular complexity index is 7810.